The molecule has 0 fully saturated rings. The molecule has 0 aliphatic rings. The van der Waals surface area contributed by atoms with Crippen molar-refractivity contribution in [3.8, 4) is 0 Å². The van der Waals surface area contributed by atoms with E-state index in [9.17, 15) is 0 Å². The maximum atomic E-state index is 5.62. The molecule has 0 spiro atoms. The van der Waals surface area contributed by atoms with Crippen molar-refractivity contribution in [1.82, 2.24) is 20.1 Å². The van der Waals surface area contributed by atoms with Crippen LogP contribution >= 0.6 is 11.6 Å². The molecule has 0 saturated carbocycles. The molecule has 0 bridgehead atoms. The monoisotopic (exact) mass is 243 g/mol. The number of nitrogens with zero attached hydrogens (tertiary/aromatic N) is 4. The van der Waals surface area contributed by atoms with Gasteiger partial charge in [-0.25, -0.2) is 0 Å². The molecule has 0 aromatic carbocycles. The summed E-state index contributed by atoms with van der Waals surface area (Å²) in [6.07, 6.45) is 2.65. The minimum atomic E-state index is 0.175. The van der Waals surface area contributed by atoms with E-state index < -0.39 is 0 Å². The van der Waals surface area contributed by atoms with Gasteiger partial charge in [0, 0.05) is 6.54 Å². The van der Waals surface area contributed by atoms with Crippen LogP contribution in [0.1, 0.15) is 20.3 Å². The van der Waals surface area contributed by atoms with Crippen LogP contribution in [0.5, 0.6) is 0 Å². The average molecular weight is 244 g/mol. The third kappa shape index (κ3) is 4.72. The van der Waals surface area contributed by atoms with Gasteiger partial charge in [0.2, 0.25) is 5.28 Å². The highest BCUT2D eigenvalue weighted by molar-refractivity contribution is 6.28. The van der Waals surface area contributed by atoms with Crippen molar-refractivity contribution >= 4 is 17.4 Å². The highest BCUT2D eigenvalue weighted by Crippen LogP contribution is 2.03. The van der Waals surface area contributed by atoms with E-state index in [2.05, 4.69) is 39.2 Å². The van der Waals surface area contributed by atoms with Gasteiger partial charge in [-0.15, -0.1) is 5.10 Å². The summed E-state index contributed by atoms with van der Waals surface area (Å²) in [5.41, 5.74) is 0. The van der Waals surface area contributed by atoms with E-state index >= 15 is 0 Å². The number of hydrogen-bond donors (Lipinski definition) is 1. The molecule has 1 N–H and O–H groups in total. The Labute approximate surface area is 101 Å². The maximum Gasteiger partial charge on any atom is 0.244 e. The predicted molar refractivity (Wildman–Crippen MR) is 65.7 cm³/mol. The molecule has 0 unspecified atom stereocenters. The third-order valence-corrected chi connectivity index (χ3v) is 2.54. The summed E-state index contributed by atoms with van der Waals surface area (Å²) in [7, 11) is 0. The molecule has 1 aromatic heterocycles. The minimum absolute atomic E-state index is 0.175. The number of aromatic nitrogens is 3. The van der Waals surface area contributed by atoms with Crippen LogP contribution in [0.25, 0.3) is 0 Å². The molecule has 0 aliphatic heterocycles. The van der Waals surface area contributed by atoms with Crippen LogP contribution in [0.4, 0.5) is 5.82 Å². The van der Waals surface area contributed by atoms with Crippen molar-refractivity contribution in [3.63, 3.8) is 0 Å². The first kappa shape index (κ1) is 13.1. The highest BCUT2D eigenvalue weighted by Gasteiger charge is 1.99. The molecule has 90 valence electrons. The second-order valence-corrected chi connectivity index (χ2v) is 3.76. The molecule has 0 atom stereocenters. The third-order valence-electron chi connectivity index (χ3n) is 2.38. The van der Waals surface area contributed by atoms with Crippen LogP contribution in [0.3, 0.4) is 0 Å². The number of nitrogens with one attached hydrogen (secondary N) is 1. The normalized spacial score (nSPS) is 10.8. The zero-order valence-corrected chi connectivity index (χ0v) is 10.5. The van der Waals surface area contributed by atoms with Crippen molar-refractivity contribution in [3.05, 3.63) is 11.5 Å². The predicted octanol–water partition coefficient (Wildman–Crippen LogP) is 1.67. The molecule has 5 nitrogen and oxygen atoms in total. The van der Waals surface area contributed by atoms with Crippen LogP contribution in [0, 0.1) is 0 Å². The molecule has 0 amide bonds. The number of halogens is 1. The second-order valence-electron chi connectivity index (χ2n) is 3.42. The molecule has 6 heteroatoms. The van der Waals surface area contributed by atoms with E-state index in [1.54, 1.807) is 6.20 Å². The van der Waals surface area contributed by atoms with E-state index in [1.807, 2.05) is 0 Å². The highest BCUT2D eigenvalue weighted by atomic mass is 35.5. The van der Waals surface area contributed by atoms with E-state index in [1.165, 1.54) is 0 Å². The Morgan fingerprint density at radius 2 is 2.12 bits per heavy atom. The Morgan fingerprint density at radius 3 is 2.75 bits per heavy atom. The standard InChI is InChI=1S/C10H18ClN5/c1-3-16(4-2)7-5-6-12-9-8-13-15-10(11)14-9/h8H,3-7H2,1-2H3,(H,12,14,15). The van der Waals surface area contributed by atoms with E-state index in [0.29, 0.717) is 5.82 Å². The van der Waals surface area contributed by atoms with Gasteiger partial charge in [-0.3, -0.25) is 0 Å². The molecule has 1 heterocycles. The fourth-order valence-electron chi connectivity index (χ4n) is 1.43. The zero-order chi connectivity index (χ0) is 11.8. The number of rotatable bonds is 7. The van der Waals surface area contributed by atoms with Crippen LogP contribution in [0.15, 0.2) is 6.20 Å². The Morgan fingerprint density at radius 1 is 1.38 bits per heavy atom. The van der Waals surface area contributed by atoms with Crippen molar-refractivity contribution in [2.24, 2.45) is 0 Å². The van der Waals surface area contributed by atoms with Crippen molar-refractivity contribution in [1.29, 1.82) is 0 Å². The maximum absolute atomic E-state index is 5.62. The van der Waals surface area contributed by atoms with Gasteiger partial charge in [0.05, 0.1) is 6.20 Å². The van der Waals surface area contributed by atoms with Gasteiger partial charge in [0.25, 0.3) is 0 Å². The first-order valence-electron chi connectivity index (χ1n) is 5.57. The van der Waals surface area contributed by atoms with Crippen molar-refractivity contribution in [2.45, 2.75) is 20.3 Å². The fourth-order valence-corrected chi connectivity index (χ4v) is 1.56. The molecular formula is C10H18ClN5. The molecule has 1 aromatic rings. The Bertz CT molecular complexity index is 303. The summed E-state index contributed by atoms with van der Waals surface area (Å²) in [5, 5.41) is 10.6. The van der Waals surface area contributed by atoms with Gasteiger partial charge in [0.1, 0.15) is 5.82 Å². The SMILES string of the molecule is CCN(CC)CCCNc1cnnc(Cl)n1. The van der Waals surface area contributed by atoms with Gasteiger partial charge < -0.3 is 10.2 Å². The van der Waals surface area contributed by atoms with Crippen LogP contribution < -0.4 is 5.32 Å². The first-order chi connectivity index (χ1) is 7.76. The minimum Gasteiger partial charge on any atom is -0.369 e. The summed E-state index contributed by atoms with van der Waals surface area (Å²) in [4.78, 5) is 6.38. The molecule has 0 saturated heterocycles. The van der Waals surface area contributed by atoms with Gasteiger partial charge in [-0.1, -0.05) is 13.8 Å². The number of hydrogen-bond acceptors (Lipinski definition) is 5. The van der Waals surface area contributed by atoms with Crippen molar-refractivity contribution < 1.29 is 0 Å². The summed E-state index contributed by atoms with van der Waals surface area (Å²) in [6.45, 7) is 8.49. The average Bonchev–Trinajstić information content (AvgIpc) is 2.29. The Kier molecular flexibility index (Phi) is 6.03. The van der Waals surface area contributed by atoms with Gasteiger partial charge >= 0.3 is 0 Å². The number of anilines is 1. The molecular weight excluding hydrogens is 226 g/mol. The first-order valence-corrected chi connectivity index (χ1v) is 5.95. The van der Waals surface area contributed by atoms with Gasteiger partial charge in [-0.2, -0.15) is 10.1 Å². The van der Waals surface area contributed by atoms with E-state index in [4.69, 9.17) is 11.6 Å². The summed E-state index contributed by atoms with van der Waals surface area (Å²) in [5.74, 6) is 0.680. The van der Waals surface area contributed by atoms with Crippen LogP contribution in [-0.4, -0.2) is 46.3 Å². The lowest BCUT2D eigenvalue weighted by Gasteiger charge is -2.17. The molecule has 16 heavy (non-hydrogen) atoms. The fraction of sp³-hybridized carbons (Fsp3) is 0.700. The summed E-state index contributed by atoms with van der Waals surface area (Å²) >= 11 is 5.62. The van der Waals surface area contributed by atoms with Crippen molar-refractivity contribution in [2.75, 3.05) is 31.5 Å². The zero-order valence-electron chi connectivity index (χ0n) is 9.78. The lowest BCUT2D eigenvalue weighted by molar-refractivity contribution is 0.303. The topological polar surface area (TPSA) is 53.9 Å². The largest absolute Gasteiger partial charge is 0.369 e. The Hall–Kier alpha value is -0.940. The Balaban J connectivity index is 2.20. The molecule has 0 aliphatic carbocycles. The van der Waals surface area contributed by atoms with E-state index in [-0.39, 0.29) is 5.28 Å². The lowest BCUT2D eigenvalue weighted by Crippen LogP contribution is -2.25. The van der Waals surface area contributed by atoms with Gasteiger partial charge in [-0.05, 0) is 37.7 Å². The van der Waals surface area contributed by atoms with Crippen LogP contribution in [-0.2, 0) is 0 Å². The summed E-state index contributed by atoms with van der Waals surface area (Å²) in [6, 6.07) is 0. The second kappa shape index (κ2) is 7.35. The summed E-state index contributed by atoms with van der Waals surface area (Å²) < 4.78 is 0. The van der Waals surface area contributed by atoms with E-state index in [0.717, 1.165) is 32.6 Å². The van der Waals surface area contributed by atoms with Gasteiger partial charge in [0.15, 0.2) is 0 Å². The van der Waals surface area contributed by atoms with Crippen LogP contribution in [0.2, 0.25) is 5.28 Å². The quantitative estimate of drug-likeness (QED) is 0.739. The molecule has 1 rings (SSSR count). The smallest absolute Gasteiger partial charge is 0.244 e. The lowest BCUT2D eigenvalue weighted by atomic mass is 10.3. The molecule has 0 radical (unpaired) electrons.